The molecule has 17 heavy (non-hydrogen) atoms. The van der Waals surface area contributed by atoms with Crippen molar-refractivity contribution in [3.63, 3.8) is 0 Å². The van der Waals surface area contributed by atoms with Crippen molar-refractivity contribution in [1.29, 1.82) is 0 Å². The van der Waals surface area contributed by atoms with Gasteiger partial charge in [0.05, 0.1) is 12.6 Å². The molecule has 4 heteroatoms. The lowest BCUT2D eigenvalue weighted by molar-refractivity contribution is 0.0497. The smallest absolute Gasteiger partial charge is 0.272 e. The monoisotopic (exact) mass is 234 g/mol. The Morgan fingerprint density at radius 1 is 1.53 bits per heavy atom. The summed E-state index contributed by atoms with van der Waals surface area (Å²) in [6.07, 6.45) is 2.97. The van der Waals surface area contributed by atoms with Crippen LogP contribution in [0, 0.1) is 6.92 Å². The minimum Gasteiger partial charge on any atom is -0.394 e. The van der Waals surface area contributed by atoms with E-state index < -0.39 is 0 Å². The molecule has 2 heterocycles. The Morgan fingerprint density at radius 2 is 2.35 bits per heavy atom. The van der Waals surface area contributed by atoms with E-state index in [0.29, 0.717) is 5.69 Å². The van der Waals surface area contributed by atoms with Crippen LogP contribution in [0.25, 0.3) is 0 Å². The highest BCUT2D eigenvalue weighted by molar-refractivity contribution is 5.92. The summed E-state index contributed by atoms with van der Waals surface area (Å²) in [6, 6.07) is 5.40. The molecular formula is C13H18N2O2. The van der Waals surface area contributed by atoms with Gasteiger partial charge in [0, 0.05) is 12.2 Å². The zero-order chi connectivity index (χ0) is 12.3. The predicted molar refractivity (Wildman–Crippen MR) is 64.7 cm³/mol. The van der Waals surface area contributed by atoms with E-state index in [1.807, 2.05) is 19.1 Å². The van der Waals surface area contributed by atoms with Gasteiger partial charge in [0.2, 0.25) is 0 Å². The van der Waals surface area contributed by atoms with Crippen LogP contribution in [0.4, 0.5) is 0 Å². The van der Waals surface area contributed by atoms with Crippen molar-refractivity contribution < 1.29 is 9.90 Å². The van der Waals surface area contributed by atoms with Crippen LogP contribution in [0.2, 0.25) is 0 Å². The summed E-state index contributed by atoms with van der Waals surface area (Å²) in [5.41, 5.74) is 1.32. The lowest BCUT2D eigenvalue weighted by atomic mass is 10.0. The zero-order valence-corrected chi connectivity index (χ0v) is 10.1. The quantitative estimate of drug-likeness (QED) is 0.841. The van der Waals surface area contributed by atoms with E-state index in [4.69, 9.17) is 0 Å². The molecule has 0 saturated carbocycles. The number of aliphatic hydroxyl groups excluding tert-OH is 1. The van der Waals surface area contributed by atoms with Crippen molar-refractivity contribution in [2.24, 2.45) is 0 Å². The van der Waals surface area contributed by atoms with Gasteiger partial charge in [-0.1, -0.05) is 6.07 Å². The number of carbonyl (C=O) groups excluding carboxylic acids is 1. The second-order valence-electron chi connectivity index (χ2n) is 4.49. The van der Waals surface area contributed by atoms with Crippen LogP contribution in [-0.2, 0) is 0 Å². The molecular weight excluding hydrogens is 216 g/mol. The number of aliphatic hydroxyl groups is 1. The Kier molecular flexibility index (Phi) is 3.74. The van der Waals surface area contributed by atoms with Crippen molar-refractivity contribution in [1.82, 2.24) is 9.88 Å². The van der Waals surface area contributed by atoms with Crippen LogP contribution in [0.5, 0.6) is 0 Å². The maximum absolute atomic E-state index is 12.3. The molecule has 1 unspecified atom stereocenters. The molecule has 1 fully saturated rings. The Labute approximate surface area is 101 Å². The van der Waals surface area contributed by atoms with E-state index in [1.54, 1.807) is 11.0 Å². The average molecular weight is 234 g/mol. The summed E-state index contributed by atoms with van der Waals surface area (Å²) in [6.45, 7) is 2.63. The summed E-state index contributed by atoms with van der Waals surface area (Å²) >= 11 is 0. The first-order chi connectivity index (χ1) is 8.22. The first kappa shape index (κ1) is 12.0. The van der Waals surface area contributed by atoms with Gasteiger partial charge in [-0.3, -0.25) is 4.79 Å². The van der Waals surface area contributed by atoms with Gasteiger partial charge in [-0.25, -0.2) is 4.98 Å². The summed E-state index contributed by atoms with van der Waals surface area (Å²) in [5.74, 6) is -0.0625. The van der Waals surface area contributed by atoms with Crippen LogP contribution in [0.15, 0.2) is 18.2 Å². The van der Waals surface area contributed by atoms with E-state index in [9.17, 15) is 9.90 Å². The molecule has 2 rings (SSSR count). The fourth-order valence-corrected chi connectivity index (χ4v) is 2.27. The van der Waals surface area contributed by atoms with Crippen LogP contribution in [-0.4, -0.2) is 40.1 Å². The van der Waals surface area contributed by atoms with Crippen LogP contribution >= 0.6 is 0 Å². The third-order valence-corrected chi connectivity index (χ3v) is 3.21. The molecule has 0 radical (unpaired) electrons. The van der Waals surface area contributed by atoms with Crippen molar-refractivity contribution in [2.75, 3.05) is 13.2 Å². The van der Waals surface area contributed by atoms with Crippen molar-refractivity contribution in [2.45, 2.75) is 32.2 Å². The third kappa shape index (κ3) is 2.64. The normalized spacial score (nSPS) is 20.4. The number of hydrogen-bond donors (Lipinski definition) is 1. The number of rotatable bonds is 2. The van der Waals surface area contributed by atoms with Crippen LogP contribution < -0.4 is 0 Å². The molecule has 1 aromatic heterocycles. The standard InChI is InChI=1S/C13H18N2O2/c1-10-5-4-7-12(14-10)13(17)15-8-3-2-6-11(15)9-16/h4-5,7,11,16H,2-3,6,8-9H2,1H3. The second kappa shape index (κ2) is 5.27. The third-order valence-electron chi connectivity index (χ3n) is 3.21. The molecule has 1 aromatic rings. The molecule has 0 bridgehead atoms. The number of carbonyl (C=O) groups is 1. The van der Waals surface area contributed by atoms with E-state index >= 15 is 0 Å². The zero-order valence-electron chi connectivity index (χ0n) is 10.1. The van der Waals surface area contributed by atoms with Crippen molar-refractivity contribution in [3.05, 3.63) is 29.6 Å². The first-order valence-electron chi connectivity index (χ1n) is 6.08. The van der Waals surface area contributed by atoms with Gasteiger partial charge < -0.3 is 10.0 Å². The molecule has 1 amide bonds. The average Bonchev–Trinajstić information content (AvgIpc) is 2.38. The summed E-state index contributed by atoms with van der Waals surface area (Å²) in [4.78, 5) is 18.3. The highest BCUT2D eigenvalue weighted by Gasteiger charge is 2.27. The van der Waals surface area contributed by atoms with Gasteiger partial charge in [-0.15, -0.1) is 0 Å². The number of aryl methyl sites for hydroxylation is 1. The minimum absolute atomic E-state index is 0.0392. The fraction of sp³-hybridized carbons (Fsp3) is 0.538. The number of likely N-dealkylation sites (tertiary alicyclic amines) is 1. The predicted octanol–water partition coefficient (Wildman–Crippen LogP) is 1.38. The number of pyridine rings is 1. The Balaban J connectivity index is 2.18. The molecule has 4 nitrogen and oxygen atoms in total. The Hall–Kier alpha value is -1.42. The van der Waals surface area contributed by atoms with E-state index in [0.717, 1.165) is 31.5 Å². The largest absolute Gasteiger partial charge is 0.394 e. The number of nitrogens with zero attached hydrogens (tertiary/aromatic N) is 2. The highest BCUT2D eigenvalue weighted by atomic mass is 16.3. The van der Waals surface area contributed by atoms with Gasteiger partial charge in [0.15, 0.2) is 0 Å². The molecule has 0 aromatic carbocycles. The van der Waals surface area contributed by atoms with Gasteiger partial charge in [0.25, 0.3) is 5.91 Å². The maximum atomic E-state index is 12.3. The lowest BCUT2D eigenvalue weighted by Crippen LogP contribution is -2.45. The number of hydrogen-bond acceptors (Lipinski definition) is 3. The molecule has 0 spiro atoms. The summed E-state index contributed by atoms with van der Waals surface area (Å²) in [5, 5.41) is 9.30. The van der Waals surface area contributed by atoms with Crippen molar-refractivity contribution >= 4 is 5.91 Å². The first-order valence-corrected chi connectivity index (χ1v) is 6.08. The molecule has 1 aliphatic heterocycles. The summed E-state index contributed by atoms with van der Waals surface area (Å²) < 4.78 is 0. The summed E-state index contributed by atoms with van der Waals surface area (Å²) in [7, 11) is 0. The fourth-order valence-electron chi connectivity index (χ4n) is 2.27. The van der Waals surface area contributed by atoms with Crippen LogP contribution in [0.3, 0.4) is 0 Å². The van der Waals surface area contributed by atoms with Gasteiger partial charge in [-0.2, -0.15) is 0 Å². The minimum atomic E-state index is -0.0625. The Morgan fingerprint density at radius 3 is 3.06 bits per heavy atom. The molecule has 0 aliphatic carbocycles. The molecule has 1 aliphatic rings. The van der Waals surface area contributed by atoms with Gasteiger partial charge >= 0.3 is 0 Å². The van der Waals surface area contributed by atoms with E-state index in [-0.39, 0.29) is 18.6 Å². The van der Waals surface area contributed by atoms with Crippen LogP contribution in [0.1, 0.15) is 35.4 Å². The molecule has 1 atom stereocenters. The van der Waals surface area contributed by atoms with E-state index in [1.165, 1.54) is 0 Å². The maximum Gasteiger partial charge on any atom is 0.272 e. The second-order valence-corrected chi connectivity index (χ2v) is 4.49. The number of piperidine rings is 1. The number of amides is 1. The Bertz CT molecular complexity index is 406. The topological polar surface area (TPSA) is 53.4 Å². The van der Waals surface area contributed by atoms with Gasteiger partial charge in [0.1, 0.15) is 5.69 Å². The molecule has 1 saturated heterocycles. The SMILES string of the molecule is Cc1cccc(C(=O)N2CCCCC2CO)n1. The molecule has 92 valence electrons. The highest BCUT2D eigenvalue weighted by Crippen LogP contribution is 2.18. The van der Waals surface area contributed by atoms with Crippen molar-refractivity contribution in [3.8, 4) is 0 Å². The van der Waals surface area contributed by atoms with Gasteiger partial charge in [-0.05, 0) is 38.3 Å². The van der Waals surface area contributed by atoms with E-state index in [2.05, 4.69) is 4.98 Å². The number of aromatic nitrogens is 1. The molecule has 1 N–H and O–H groups in total. The lowest BCUT2D eigenvalue weighted by Gasteiger charge is -2.34.